The zero-order chi connectivity index (χ0) is 13.4. The average Bonchev–Trinajstić information content (AvgIpc) is 3.01. The summed E-state index contributed by atoms with van der Waals surface area (Å²) < 4.78 is 0. The average molecular weight is 299 g/mol. The van der Waals surface area contributed by atoms with Crippen molar-refractivity contribution >= 4 is 0 Å². The van der Waals surface area contributed by atoms with Gasteiger partial charge in [-0.05, 0) is 91.4 Å². The molecule has 0 aromatic heterocycles. The predicted octanol–water partition coefficient (Wildman–Crippen LogP) is 3.53. The summed E-state index contributed by atoms with van der Waals surface area (Å²) in [5.41, 5.74) is 0. The molecule has 2 saturated carbocycles. The van der Waals surface area contributed by atoms with E-state index in [0.717, 1.165) is 6.54 Å². The molecule has 10 radical (unpaired) electrons. The second-order valence-electron chi connectivity index (χ2n) is 5.12. The Hall–Kier alpha value is 0.479. The van der Waals surface area contributed by atoms with Gasteiger partial charge in [-0.2, -0.15) is 0 Å². The van der Waals surface area contributed by atoms with Gasteiger partial charge >= 0.3 is 17.1 Å². The summed E-state index contributed by atoms with van der Waals surface area (Å²) >= 11 is 0. The molecule has 0 aromatic rings. The maximum absolute atomic E-state index is 2.50. The Kier molecular flexibility index (Phi) is 11.5. The molecule has 104 valence electrons. The molecule has 1 nitrogen and oxygen atoms in total. The Balaban J connectivity index is 0.000000454. The second-order valence-corrected chi connectivity index (χ2v) is 5.12. The minimum Gasteiger partial charge on any atom is -0.298 e. The Morgan fingerprint density at radius 2 is 1.11 bits per heavy atom. The molecule has 2 aliphatic rings. The molecule has 0 amide bonds. The van der Waals surface area contributed by atoms with E-state index in [1.807, 2.05) is 32.1 Å². The third kappa shape index (κ3) is 8.37. The van der Waals surface area contributed by atoms with E-state index in [2.05, 4.69) is 58.3 Å². The van der Waals surface area contributed by atoms with E-state index >= 15 is 0 Å². The van der Waals surface area contributed by atoms with Crippen LogP contribution in [-0.4, -0.2) is 23.5 Å². The van der Waals surface area contributed by atoms with Crippen LogP contribution in [0.25, 0.3) is 0 Å². The zero-order valence-corrected chi connectivity index (χ0v) is 13.5. The Bertz CT molecular complexity index is 178. The van der Waals surface area contributed by atoms with Gasteiger partial charge in [0.2, 0.25) is 0 Å². The summed E-state index contributed by atoms with van der Waals surface area (Å²) in [6.45, 7) is 10.1. The van der Waals surface area contributed by atoms with Crippen molar-refractivity contribution < 1.29 is 17.1 Å². The molecule has 0 N–H and O–H groups in total. The first-order valence-electron chi connectivity index (χ1n) is 6.74. The molecule has 2 fully saturated rings. The fourth-order valence-electron chi connectivity index (χ4n) is 2.01. The van der Waals surface area contributed by atoms with Gasteiger partial charge in [0.25, 0.3) is 0 Å². The van der Waals surface area contributed by atoms with E-state index in [-0.39, 0.29) is 17.1 Å². The number of hydrogen-bond acceptors (Lipinski definition) is 1. The molecule has 0 bridgehead atoms. The number of nitrogens with zero attached hydrogens (tertiary/aromatic N) is 1. The second kappa shape index (κ2) is 11.2. The monoisotopic (exact) mass is 299 g/mol. The molecule has 0 aliphatic heterocycles. The SMILES string of the molecule is CC(C)N(C[C]1[CH][CH][CH][CH]1)C(C)C.[CH]1[CH][CH][CH][CH]1.[Fe+2]. The molecule has 0 unspecified atom stereocenters. The largest absolute Gasteiger partial charge is 2.00 e. The third-order valence-electron chi connectivity index (χ3n) is 2.98. The molecule has 0 saturated heterocycles. The van der Waals surface area contributed by atoms with Gasteiger partial charge in [0.05, 0.1) is 0 Å². The smallest absolute Gasteiger partial charge is 0.298 e. The first-order chi connectivity index (χ1) is 8.61. The number of rotatable bonds is 4. The van der Waals surface area contributed by atoms with Crippen LogP contribution in [0.15, 0.2) is 0 Å². The first-order valence-corrected chi connectivity index (χ1v) is 6.74. The van der Waals surface area contributed by atoms with Crippen molar-refractivity contribution in [1.29, 1.82) is 0 Å². The van der Waals surface area contributed by atoms with Crippen LogP contribution in [0.1, 0.15) is 27.7 Å². The summed E-state index contributed by atoms with van der Waals surface area (Å²) in [6, 6.07) is 1.24. The molecular formula is C17H25FeN+2. The molecule has 0 spiro atoms. The summed E-state index contributed by atoms with van der Waals surface area (Å²) in [7, 11) is 0. The fraction of sp³-hybridized carbons (Fsp3) is 0.412. The first kappa shape index (κ1) is 19.5. The van der Waals surface area contributed by atoms with Gasteiger partial charge in [-0.15, -0.1) is 0 Å². The van der Waals surface area contributed by atoms with Crippen LogP contribution in [0.5, 0.6) is 0 Å². The van der Waals surface area contributed by atoms with Crippen molar-refractivity contribution in [1.82, 2.24) is 4.90 Å². The van der Waals surface area contributed by atoms with Gasteiger partial charge in [-0.3, -0.25) is 4.90 Å². The summed E-state index contributed by atoms with van der Waals surface area (Å²) in [5.74, 6) is 1.42. The van der Waals surface area contributed by atoms with Crippen molar-refractivity contribution in [3.63, 3.8) is 0 Å². The normalized spacial score (nSPS) is 19.7. The van der Waals surface area contributed by atoms with E-state index in [4.69, 9.17) is 0 Å². The maximum Gasteiger partial charge on any atom is 2.00 e. The minimum absolute atomic E-state index is 0. The molecule has 2 rings (SSSR count). The van der Waals surface area contributed by atoms with Crippen molar-refractivity contribution in [2.75, 3.05) is 6.54 Å². The summed E-state index contributed by atoms with van der Waals surface area (Å²) in [4.78, 5) is 2.50. The van der Waals surface area contributed by atoms with Gasteiger partial charge < -0.3 is 0 Å². The minimum atomic E-state index is 0. The van der Waals surface area contributed by atoms with E-state index in [0.29, 0.717) is 12.1 Å². The Morgan fingerprint density at radius 3 is 1.42 bits per heavy atom. The Labute approximate surface area is 132 Å². The molecule has 19 heavy (non-hydrogen) atoms. The standard InChI is InChI=1S/C12H20N.C5H5.Fe/c1-10(2)13(11(3)4)9-12-7-5-6-8-12;1-2-4-5-3-1;/h5-8,10-11H,9H2,1-4H3;1-5H;/q;;+2. The molecule has 0 aromatic carbocycles. The van der Waals surface area contributed by atoms with Crippen LogP contribution in [0, 0.1) is 63.7 Å². The molecule has 0 heterocycles. The van der Waals surface area contributed by atoms with Crippen LogP contribution in [0.3, 0.4) is 0 Å². The topological polar surface area (TPSA) is 3.24 Å². The van der Waals surface area contributed by atoms with Crippen LogP contribution in [0.2, 0.25) is 0 Å². The van der Waals surface area contributed by atoms with E-state index in [1.165, 1.54) is 5.92 Å². The van der Waals surface area contributed by atoms with Crippen molar-refractivity contribution in [3.05, 3.63) is 63.7 Å². The fourth-order valence-corrected chi connectivity index (χ4v) is 2.01. The third-order valence-corrected chi connectivity index (χ3v) is 2.98. The Morgan fingerprint density at radius 1 is 0.737 bits per heavy atom. The van der Waals surface area contributed by atoms with Crippen LogP contribution >= 0.6 is 0 Å². The zero-order valence-electron chi connectivity index (χ0n) is 12.4. The molecular weight excluding hydrogens is 274 g/mol. The van der Waals surface area contributed by atoms with E-state index in [1.54, 1.807) is 0 Å². The molecule has 0 atom stereocenters. The summed E-state index contributed by atoms with van der Waals surface area (Å²) in [5, 5.41) is 0. The molecule has 2 heteroatoms. The molecule has 2 aliphatic carbocycles. The van der Waals surface area contributed by atoms with Gasteiger partial charge in [-0.1, -0.05) is 0 Å². The van der Waals surface area contributed by atoms with E-state index in [9.17, 15) is 0 Å². The maximum atomic E-state index is 2.50. The van der Waals surface area contributed by atoms with Crippen molar-refractivity contribution in [2.24, 2.45) is 0 Å². The van der Waals surface area contributed by atoms with Gasteiger partial charge in [0.15, 0.2) is 0 Å². The van der Waals surface area contributed by atoms with Crippen molar-refractivity contribution in [3.8, 4) is 0 Å². The van der Waals surface area contributed by atoms with E-state index < -0.39 is 0 Å². The summed E-state index contributed by atoms with van der Waals surface area (Å²) in [6.07, 6.45) is 18.6. The van der Waals surface area contributed by atoms with Crippen molar-refractivity contribution in [2.45, 2.75) is 39.8 Å². The predicted molar refractivity (Wildman–Crippen MR) is 78.9 cm³/mol. The van der Waals surface area contributed by atoms with Gasteiger partial charge in [0, 0.05) is 18.6 Å². The van der Waals surface area contributed by atoms with Crippen LogP contribution in [0.4, 0.5) is 0 Å². The van der Waals surface area contributed by atoms with Gasteiger partial charge in [-0.25, -0.2) is 0 Å². The number of hydrogen-bond donors (Lipinski definition) is 0. The van der Waals surface area contributed by atoms with Crippen LogP contribution in [-0.2, 0) is 17.1 Å². The quantitative estimate of drug-likeness (QED) is 0.718. The van der Waals surface area contributed by atoms with Gasteiger partial charge in [0.1, 0.15) is 0 Å². The van der Waals surface area contributed by atoms with Crippen LogP contribution < -0.4 is 0 Å².